The highest BCUT2D eigenvalue weighted by atomic mass is 35.5. The molecule has 0 bridgehead atoms. The second kappa shape index (κ2) is 10.6. The Labute approximate surface area is 196 Å². The fraction of sp³-hybridized carbons (Fsp3) is 0.500. The van der Waals surface area contributed by atoms with Crippen LogP contribution in [-0.4, -0.2) is 48.6 Å². The number of benzene rings is 2. The van der Waals surface area contributed by atoms with E-state index in [1.165, 1.54) is 12.8 Å². The van der Waals surface area contributed by atoms with Gasteiger partial charge >= 0.3 is 6.03 Å². The van der Waals surface area contributed by atoms with Crippen molar-refractivity contribution >= 4 is 23.3 Å². The number of carbonyl (C=O) groups excluding carboxylic acids is 1. The van der Waals surface area contributed by atoms with Crippen molar-refractivity contribution in [3.63, 3.8) is 0 Å². The number of aryl methyl sites for hydroxylation is 1. The second-order valence-electron chi connectivity index (χ2n) is 9.11. The first-order chi connectivity index (χ1) is 15.5. The molecular formula is C26H34ClN3O2. The van der Waals surface area contributed by atoms with Gasteiger partial charge in [0, 0.05) is 25.8 Å². The van der Waals surface area contributed by atoms with Crippen molar-refractivity contribution in [3.8, 4) is 5.75 Å². The minimum Gasteiger partial charge on any atom is -0.489 e. The van der Waals surface area contributed by atoms with Crippen molar-refractivity contribution in [2.24, 2.45) is 5.92 Å². The maximum Gasteiger partial charge on any atom is 0.321 e. The zero-order valence-corrected chi connectivity index (χ0v) is 19.9. The van der Waals surface area contributed by atoms with E-state index in [4.69, 9.17) is 16.3 Å². The number of amides is 2. The van der Waals surface area contributed by atoms with Crippen molar-refractivity contribution in [1.82, 2.24) is 9.80 Å². The monoisotopic (exact) mass is 455 g/mol. The summed E-state index contributed by atoms with van der Waals surface area (Å²) in [4.78, 5) is 16.8. The summed E-state index contributed by atoms with van der Waals surface area (Å²) < 4.78 is 6.21. The molecule has 2 aromatic rings. The number of halogens is 1. The SMILES string of the molecule is CCc1ccccc1NC(=O)N(C)CC1CC(Oc2cccc(CN3CCCC3)c2Cl)C1. The van der Waals surface area contributed by atoms with Crippen LogP contribution in [0.4, 0.5) is 10.5 Å². The number of hydrogen-bond donors (Lipinski definition) is 1. The number of hydrogen-bond acceptors (Lipinski definition) is 3. The topological polar surface area (TPSA) is 44.8 Å². The Morgan fingerprint density at radius 1 is 1.12 bits per heavy atom. The Morgan fingerprint density at radius 3 is 2.59 bits per heavy atom. The fourth-order valence-corrected chi connectivity index (χ4v) is 4.91. The molecule has 2 aromatic carbocycles. The molecule has 2 fully saturated rings. The molecule has 1 N–H and O–H groups in total. The molecule has 2 aliphatic rings. The van der Waals surface area contributed by atoms with Crippen LogP contribution in [0.1, 0.15) is 43.7 Å². The summed E-state index contributed by atoms with van der Waals surface area (Å²) in [5, 5.41) is 3.79. The minimum atomic E-state index is -0.0621. The third-order valence-electron chi connectivity index (χ3n) is 6.64. The van der Waals surface area contributed by atoms with E-state index in [1.54, 1.807) is 4.90 Å². The first kappa shape index (κ1) is 22.9. The first-order valence-electron chi connectivity index (χ1n) is 11.8. The van der Waals surface area contributed by atoms with Gasteiger partial charge in [-0.1, -0.05) is 48.9 Å². The molecule has 1 heterocycles. The summed E-state index contributed by atoms with van der Waals surface area (Å²) in [5.41, 5.74) is 3.19. The highest BCUT2D eigenvalue weighted by molar-refractivity contribution is 6.32. The second-order valence-corrected chi connectivity index (χ2v) is 9.49. The highest BCUT2D eigenvalue weighted by Crippen LogP contribution is 2.36. The molecule has 1 aliphatic carbocycles. The Bertz CT molecular complexity index is 923. The quantitative estimate of drug-likeness (QED) is 0.545. The Balaban J connectivity index is 1.24. The van der Waals surface area contributed by atoms with E-state index in [1.807, 2.05) is 37.4 Å². The molecule has 0 aromatic heterocycles. The summed E-state index contributed by atoms with van der Waals surface area (Å²) in [5.74, 6) is 1.23. The Hall–Kier alpha value is -2.24. The maximum atomic E-state index is 12.6. The number of para-hydroxylation sites is 1. The van der Waals surface area contributed by atoms with Crippen LogP contribution >= 0.6 is 11.6 Å². The standard InChI is InChI=1S/C26H34ClN3O2/c1-3-20-9-4-5-11-23(20)28-26(31)29(2)17-19-15-22(16-19)32-24-12-8-10-21(25(24)27)18-30-13-6-7-14-30/h4-5,8-12,19,22H,3,6-7,13-18H2,1-2H3,(H,28,31). The molecule has 6 heteroatoms. The molecule has 0 radical (unpaired) electrons. The normalized spacial score (nSPS) is 20.6. The summed E-state index contributed by atoms with van der Waals surface area (Å²) in [6, 6.07) is 14.0. The van der Waals surface area contributed by atoms with Gasteiger partial charge in [-0.2, -0.15) is 0 Å². The van der Waals surface area contributed by atoms with Gasteiger partial charge in [-0.05, 0) is 74.4 Å². The largest absolute Gasteiger partial charge is 0.489 e. The fourth-order valence-electron chi connectivity index (χ4n) is 4.68. The summed E-state index contributed by atoms with van der Waals surface area (Å²) in [6.07, 6.45) is 5.48. The molecule has 5 nitrogen and oxygen atoms in total. The lowest BCUT2D eigenvalue weighted by atomic mass is 9.82. The zero-order valence-electron chi connectivity index (χ0n) is 19.1. The van der Waals surface area contributed by atoms with Gasteiger partial charge in [0.1, 0.15) is 5.75 Å². The first-order valence-corrected chi connectivity index (χ1v) is 12.2. The minimum absolute atomic E-state index is 0.0621. The van der Waals surface area contributed by atoms with Crippen LogP contribution in [0.3, 0.4) is 0 Å². The van der Waals surface area contributed by atoms with Gasteiger partial charge in [0.15, 0.2) is 0 Å². The number of nitrogens with zero attached hydrogens (tertiary/aromatic N) is 2. The van der Waals surface area contributed by atoms with Crippen molar-refractivity contribution in [2.75, 3.05) is 32.0 Å². The zero-order chi connectivity index (χ0) is 22.5. The van der Waals surface area contributed by atoms with Gasteiger partial charge in [0.2, 0.25) is 0 Å². The van der Waals surface area contributed by atoms with Crippen molar-refractivity contribution < 1.29 is 9.53 Å². The van der Waals surface area contributed by atoms with E-state index in [9.17, 15) is 4.79 Å². The lowest BCUT2D eigenvalue weighted by molar-refractivity contribution is 0.0532. The number of anilines is 1. The average Bonchev–Trinajstić information content (AvgIpc) is 3.28. The predicted octanol–water partition coefficient (Wildman–Crippen LogP) is 5.82. The molecule has 4 rings (SSSR count). The van der Waals surface area contributed by atoms with Crippen LogP contribution < -0.4 is 10.1 Å². The van der Waals surface area contributed by atoms with Crippen LogP contribution in [0.2, 0.25) is 5.02 Å². The van der Waals surface area contributed by atoms with Crippen molar-refractivity contribution in [3.05, 3.63) is 58.6 Å². The molecule has 0 spiro atoms. The number of urea groups is 1. The summed E-state index contributed by atoms with van der Waals surface area (Å²) in [6.45, 7) is 6.01. The summed E-state index contributed by atoms with van der Waals surface area (Å²) >= 11 is 6.66. The maximum absolute atomic E-state index is 12.6. The summed E-state index contributed by atoms with van der Waals surface area (Å²) in [7, 11) is 1.86. The van der Waals surface area contributed by atoms with Gasteiger partial charge in [-0.3, -0.25) is 4.90 Å². The molecule has 1 saturated carbocycles. The third-order valence-corrected chi connectivity index (χ3v) is 7.07. The number of rotatable bonds is 8. The van der Waals surface area contributed by atoms with E-state index < -0.39 is 0 Å². The van der Waals surface area contributed by atoms with Crippen LogP contribution in [0.5, 0.6) is 5.75 Å². The van der Waals surface area contributed by atoms with E-state index >= 15 is 0 Å². The lowest BCUT2D eigenvalue weighted by Gasteiger charge is -2.37. The smallest absolute Gasteiger partial charge is 0.321 e. The van der Waals surface area contributed by atoms with Gasteiger partial charge in [0.25, 0.3) is 0 Å². The van der Waals surface area contributed by atoms with E-state index in [-0.39, 0.29) is 12.1 Å². The average molecular weight is 456 g/mol. The third kappa shape index (κ3) is 5.57. The Kier molecular flexibility index (Phi) is 7.59. The van der Waals surface area contributed by atoms with Crippen LogP contribution in [0, 0.1) is 5.92 Å². The molecule has 1 aliphatic heterocycles. The van der Waals surface area contributed by atoms with Gasteiger partial charge in [-0.25, -0.2) is 4.79 Å². The Morgan fingerprint density at radius 2 is 1.84 bits per heavy atom. The molecule has 32 heavy (non-hydrogen) atoms. The van der Waals surface area contributed by atoms with Crippen LogP contribution in [0.15, 0.2) is 42.5 Å². The van der Waals surface area contributed by atoms with E-state index in [0.29, 0.717) is 5.92 Å². The number of nitrogens with one attached hydrogen (secondary N) is 1. The number of ether oxygens (including phenoxy) is 1. The van der Waals surface area contributed by atoms with Gasteiger partial charge in [0.05, 0.1) is 11.1 Å². The van der Waals surface area contributed by atoms with Crippen LogP contribution in [-0.2, 0) is 13.0 Å². The molecule has 1 saturated heterocycles. The number of carbonyl (C=O) groups is 1. The van der Waals surface area contributed by atoms with Crippen LogP contribution in [0.25, 0.3) is 0 Å². The number of likely N-dealkylation sites (tertiary alicyclic amines) is 1. The highest BCUT2D eigenvalue weighted by Gasteiger charge is 2.33. The molecular weight excluding hydrogens is 422 g/mol. The predicted molar refractivity (Wildman–Crippen MR) is 131 cm³/mol. The van der Waals surface area contributed by atoms with Crippen molar-refractivity contribution in [2.45, 2.75) is 51.7 Å². The van der Waals surface area contributed by atoms with E-state index in [2.05, 4.69) is 29.3 Å². The molecule has 0 unspecified atom stereocenters. The van der Waals surface area contributed by atoms with E-state index in [0.717, 1.165) is 73.0 Å². The molecule has 0 atom stereocenters. The lowest BCUT2D eigenvalue weighted by Crippen LogP contribution is -2.43. The van der Waals surface area contributed by atoms with Gasteiger partial charge < -0.3 is 15.0 Å². The molecule has 172 valence electrons. The van der Waals surface area contributed by atoms with Gasteiger partial charge in [-0.15, -0.1) is 0 Å². The van der Waals surface area contributed by atoms with Crippen molar-refractivity contribution in [1.29, 1.82) is 0 Å². The molecule has 2 amide bonds.